The zero-order valence-electron chi connectivity index (χ0n) is 9.04. The van der Waals surface area contributed by atoms with Crippen LogP contribution in [0.4, 0.5) is 5.69 Å². The minimum absolute atomic E-state index is 0.184. The molecule has 0 aliphatic rings. The van der Waals surface area contributed by atoms with E-state index in [2.05, 4.69) is 38.2 Å². The summed E-state index contributed by atoms with van der Waals surface area (Å²) in [7, 11) is 0. The van der Waals surface area contributed by atoms with E-state index < -0.39 is 6.29 Å². The number of hydrogen-bond donors (Lipinski definition) is 3. The van der Waals surface area contributed by atoms with Crippen LogP contribution in [0.5, 0.6) is 0 Å². The molecular formula is C11H19N3. The third-order valence-electron chi connectivity index (χ3n) is 2.08. The summed E-state index contributed by atoms with van der Waals surface area (Å²) in [5, 5.41) is 2.94. The molecule has 0 heterocycles. The molecule has 0 amide bonds. The van der Waals surface area contributed by atoms with Crippen molar-refractivity contribution in [2.24, 2.45) is 11.5 Å². The lowest BCUT2D eigenvalue weighted by molar-refractivity contribution is 0.590. The van der Waals surface area contributed by atoms with E-state index in [0.29, 0.717) is 0 Å². The third-order valence-corrected chi connectivity index (χ3v) is 2.08. The van der Waals surface area contributed by atoms with Crippen molar-refractivity contribution in [3.8, 4) is 0 Å². The molecule has 0 saturated heterocycles. The molecule has 14 heavy (non-hydrogen) atoms. The molecule has 0 bridgehead atoms. The summed E-state index contributed by atoms with van der Waals surface area (Å²) in [5.41, 5.74) is 13.3. The molecule has 0 atom stereocenters. The van der Waals surface area contributed by atoms with Gasteiger partial charge in [0.15, 0.2) is 0 Å². The molecule has 5 N–H and O–H groups in total. The van der Waals surface area contributed by atoms with E-state index in [1.807, 2.05) is 12.1 Å². The van der Waals surface area contributed by atoms with Crippen molar-refractivity contribution in [3.63, 3.8) is 0 Å². The quantitative estimate of drug-likeness (QED) is 0.625. The van der Waals surface area contributed by atoms with Crippen molar-refractivity contribution in [1.82, 2.24) is 0 Å². The molecule has 1 aromatic carbocycles. The third kappa shape index (κ3) is 3.01. The lowest BCUT2D eigenvalue weighted by Gasteiger charge is -2.19. The Labute approximate surface area is 85.5 Å². The smallest absolute Gasteiger partial charge is 0.127 e. The topological polar surface area (TPSA) is 64.1 Å². The predicted octanol–water partition coefficient (Wildman–Crippen LogP) is 1.60. The summed E-state index contributed by atoms with van der Waals surface area (Å²) in [5.74, 6) is 0. The summed E-state index contributed by atoms with van der Waals surface area (Å²) >= 11 is 0. The molecule has 0 aromatic heterocycles. The van der Waals surface area contributed by atoms with Crippen molar-refractivity contribution in [2.75, 3.05) is 5.32 Å². The Balaban J connectivity index is 2.79. The van der Waals surface area contributed by atoms with Gasteiger partial charge in [-0.25, -0.2) is 0 Å². The monoisotopic (exact) mass is 193 g/mol. The Hall–Kier alpha value is -1.06. The number of benzene rings is 1. The zero-order valence-corrected chi connectivity index (χ0v) is 9.04. The molecule has 0 aliphatic heterocycles. The fourth-order valence-corrected chi connectivity index (χ4v) is 1.26. The van der Waals surface area contributed by atoms with Crippen LogP contribution in [0.15, 0.2) is 24.3 Å². The maximum Gasteiger partial charge on any atom is 0.127 e. The van der Waals surface area contributed by atoms with E-state index in [9.17, 15) is 0 Å². The highest BCUT2D eigenvalue weighted by atomic mass is 15.1. The Morgan fingerprint density at radius 1 is 1.07 bits per heavy atom. The molecule has 1 rings (SSSR count). The van der Waals surface area contributed by atoms with Crippen LogP contribution < -0.4 is 16.8 Å². The van der Waals surface area contributed by atoms with Crippen LogP contribution in [-0.2, 0) is 5.41 Å². The first-order chi connectivity index (χ1) is 6.39. The van der Waals surface area contributed by atoms with E-state index in [1.54, 1.807) is 0 Å². The summed E-state index contributed by atoms with van der Waals surface area (Å²) < 4.78 is 0. The van der Waals surface area contributed by atoms with Crippen LogP contribution in [0.3, 0.4) is 0 Å². The van der Waals surface area contributed by atoms with Crippen LogP contribution >= 0.6 is 0 Å². The highest BCUT2D eigenvalue weighted by Crippen LogP contribution is 2.23. The van der Waals surface area contributed by atoms with Crippen molar-refractivity contribution in [3.05, 3.63) is 29.8 Å². The second-order valence-corrected chi connectivity index (χ2v) is 4.50. The summed E-state index contributed by atoms with van der Waals surface area (Å²) in [6.07, 6.45) is -0.504. The fourth-order valence-electron chi connectivity index (χ4n) is 1.26. The number of hydrogen-bond acceptors (Lipinski definition) is 3. The Morgan fingerprint density at radius 2 is 1.57 bits per heavy atom. The van der Waals surface area contributed by atoms with Gasteiger partial charge < -0.3 is 5.32 Å². The molecule has 0 aliphatic carbocycles. The van der Waals surface area contributed by atoms with Gasteiger partial charge in [0, 0.05) is 5.69 Å². The Kier molecular flexibility index (Phi) is 3.13. The molecule has 3 nitrogen and oxygen atoms in total. The fraction of sp³-hybridized carbons (Fsp3) is 0.455. The molecule has 0 unspecified atom stereocenters. The molecule has 0 spiro atoms. The maximum absolute atomic E-state index is 5.41. The summed E-state index contributed by atoms with van der Waals surface area (Å²) in [6.45, 7) is 6.55. The largest absolute Gasteiger partial charge is 0.358 e. The maximum atomic E-state index is 5.41. The van der Waals surface area contributed by atoms with Crippen LogP contribution in [0.1, 0.15) is 26.3 Å². The van der Waals surface area contributed by atoms with Gasteiger partial charge in [0.1, 0.15) is 6.29 Å². The highest BCUT2D eigenvalue weighted by molar-refractivity contribution is 5.46. The number of rotatable bonds is 2. The second kappa shape index (κ2) is 3.98. The number of nitrogens with two attached hydrogens (primary N) is 2. The van der Waals surface area contributed by atoms with E-state index in [1.165, 1.54) is 5.56 Å². The lowest BCUT2D eigenvalue weighted by atomic mass is 9.87. The molecule has 0 fully saturated rings. The minimum Gasteiger partial charge on any atom is -0.358 e. The van der Waals surface area contributed by atoms with Crippen molar-refractivity contribution < 1.29 is 0 Å². The first-order valence-electron chi connectivity index (χ1n) is 4.78. The van der Waals surface area contributed by atoms with Gasteiger partial charge in [0.25, 0.3) is 0 Å². The average Bonchev–Trinajstić information content (AvgIpc) is 2.02. The van der Waals surface area contributed by atoms with Gasteiger partial charge in [-0.15, -0.1) is 0 Å². The SMILES string of the molecule is CC(C)(C)c1ccc(NC(N)N)cc1. The Morgan fingerprint density at radius 3 is 1.93 bits per heavy atom. The van der Waals surface area contributed by atoms with Crippen LogP contribution in [0.2, 0.25) is 0 Å². The van der Waals surface area contributed by atoms with Crippen LogP contribution in [0.25, 0.3) is 0 Å². The van der Waals surface area contributed by atoms with Gasteiger partial charge in [-0.05, 0) is 23.1 Å². The Bertz CT molecular complexity index is 282. The van der Waals surface area contributed by atoms with E-state index in [-0.39, 0.29) is 5.41 Å². The average molecular weight is 193 g/mol. The van der Waals surface area contributed by atoms with E-state index in [4.69, 9.17) is 11.5 Å². The number of nitrogens with one attached hydrogen (secondary N) is 1. The van der Waals surface area contributed by atoms with Gasteiger partial charge in [0.05, 0.1) is 0 Å². The lowest BCUT2D eigenvalue weighted by Crippen LogP contribution is -2.38. The van der Waals surface area contributed by atoms with Gasteiger partial charge in [0.2, 0.25) is 0 Å². The van der Waals surface area contributed by atoms with Crippen molar-refractivity contribution in [1.29, 1.82) is 0 Å². The van der Waals surface area contributed by atoms with Crippen molar-refractivity contribution in [2.45, 2.75) is 32.5 Å². The molecule has 0 saturated carbocycles. The van der Waals surface area contributed by atoms with Gasteiger partial charge in [-0.2, -0.15) is 0 Å². The van der Waals surface area contributed by atoms with Crippen LogP contribution in [0, 0.1) is 0 Å². The van der Waals surface area contributed by atoms with E-state index in [0.717, 1.165) is 5.69 Å². The van der Waals surface area contributed by atoms with Gasteiger partial charge in [-0.1, -0.05) is 32.9 Å². The van der Waals surface area contributed by atoms with Crippen LogP contribution in [-0.4, -0.2) is 6.29 Å². The van der Waals surface area contributed by atoms with Crippen molar-refractivity contribution >= 4 is 5.69 Å². The molecule has 0 radical (unpaired) electrons. The van der Waals surface area contributed by atoms with E-state index >= 15 is 0 Å². The highest BCUT2D eigenvalue weighted by Gasteiger charge is 2.12. The van der Waals surface area contributed by atoms with Gasteiger partial charge in [-0.3, -0.25) is 11.5 Å². The predicted molar refractivity (Wildman–Crippen MR) is 60.9 cm³/mol. The zero-order chi connectivity index (χ0) is 10.8. The minimum atomic E-state index is -0.504. The second-order valence-electron chi connectivity index (χ2n) is 4.50. The normalized spacial score (nSPS) is 11.9. The molecule has 1 aromatic rings. The first-order valence-corrected chi connectivity index (χ1v) is 4.78. The molecular weight excluding hydrogens is 174 g/mol. The number of anilines is 1. The standard InChI is InChI=1S/C11H19N3/c1-11(2,3)8-4-6-9(7-5-8)14-10(12)13/h4-7,10,14H,12-13H2,1-3H3. The molecule has 3 heteroatoms. The summed E-state index contributed by atoms with van der Waals surface area (Å²) in [4.78, 5) is 0. The summed E-state index contributed by atoms with van der Waals surface area (Å²) in [6, 6.07) is 8.16. The van der Waals surface area contributed by atoms with Gasteiger partial charge >= 0.3 is 0 Å². The first kappa shape index (κ1) is 11.0. The molecule has 78 valence electrons.